The minimum Gasteiger partial charge on any atom is -0.271 e. The van der Waals surface area contributed by atoms with E-state index in [-0.39, 0.29) is 17.3 Å². The van der Waals surface area contributed by atoms with Crippen molar-refractivity contribution in [2.24, 2.45) is 5.84 Å². The molecule has 1 unspecified atom stereocenters. The Kier molecular flexibility index (Phi) is 3.93. The molecule has 2 rings (SSSR count). The molecule has 0 bridgehead atoms. The molecule has 0 aliphatic heterocycles. The molecule has 3 N–H and O–H groups in total. The number of rotatable bonds is 3. The van der Waals surface area contributed by atoms with Crippen molar-refractivity contribution in [3.63, 3.8) is 0 Å². The van der Waals surface area contributed by atoms with Crippen LogP contribution in [0.1, 0.15) is 42.9 Å². The first-order valence-corrected chi connectivity index (χ1v) is 6.75. The Morgan fingerprint density at radius 2 is 2.11 bits per heavy atom. The molecule has 4 nitrogen and oxygen atoms in total. The highest BCUT2D eigenvalue weighted by atomic mass is 32.1. The van der Waals surface area contributed by atoms with Crippen molar-refractivity contribution in [2.45, 2.75) is 32.2 Å². The summed E-state index contributed by atoms with van der Waals surface area (Å²) in [5, 5.41) is 4.18. The Bertz CT molecular complexity index is 562. The molecule has 0 aliphatic carbocycles. The Hall–Kier alpha value is -1.37. The third-order valence-electron chi connectivity index (χ3n) is 2.83. The van der Waals surface area contributed by atoms with Gasteiger partial charge in [0.15, 0.2) is 0 Å². The van der Waals surface area contributed by atoms with Gasteiger partial charge >= 0.3 is 0 Å². The summed E-state index contributed by atoms with van der Waals surface area (Å²) in [5.74, 6) is 5.35. The highest BCUT2D eigenvalue weighted by Gasteiger charge is 2.27. The molecule has 0 saturated carbocycles. The van der Waals surface area contributed by atoms with Gasteiger partial charge in [-0.2, -0.15) is 0 Å². The molecule has 0 aliphatic rings. The maximum Gasteiger partial charge on any atom is 0.123 e. The molecule has 1 aromatic heterocycles. The minimum atomic E-state index is -0.301. The van der Waals surface area contributed by atoms with E-state index >= 15 is 0 Å². The van der Waals surface area contributed by atoms with E-state index in [0.29, 0.717) is 0 Å². The van der Waals surface area contributed by atoms with Gasteiger partial charge in [0, 0.05) is 5.41 Å². The second-order valence-electron chi connectivity index (χ2n) is 5.39. The summed E-state index contributed by atoms with van der Waals surface area (Å²) in [5.41, 5.74) is 4.23. The smallest absolute Gasteiger partial charge is 0.123 e. The lowest BCUT2D eigenvalue weighted by atomic mass is 9.89. The average Bonchev–Trinajstić information content (AvgIpc) is 2.79. The zero-order valence-electron chi connectivity index (χ0n) is 11.1. The van der Waals surface area contributed by atoms with Crippen molar-refractivity contribution >= 4 is 11.5 Å². The van der Waals surface area contributed by atoms with Crippen LogP contribution in [0.3, 0.4) is 0 Å². The summed E-state index contributed by atoms with van der Waals surface area (Å²) in [6.45, 7) is 6.19. The quantitative estimate of drug-likeness (QED) is 0.670. The lowest BCUT2D eigenvalue weighted by Crippen LogP contribution is -2.30. The van der Waals surface area contributed by atoms with Gasteiger partial charge in [-0.3, -0.25) is 5.84 Å². The molecular formula is C13H17FN4S. The van der Waals surface area contributed by atoms with Gasteiger partial charge in [-0.05, 0) is 29.2 Å². The number of aromatic nitrogens is 2. The van der Waals surface area contributed by atoms with Crippen molar-refractivity contribution in [1.29, 1.82) is 0 Å². The number of nitrogens with two attached hydrogens (primary N) is 1. The van der Waals surface area contributed by atoms with E-state index in [1.54, 1.807) is 6.07 Å². The third-order valence-corrected chi connectivity index (χ3v) is 3.62. The molecule has 1 atom stereocenters. The molecule has 0 spiro atoms. The maximum atomic E-state index is 13.3. The molecule has 0 radical (unpaired) electrons. The largest absolute Gasteiger partial charge is 0.271 e. The number of benzene rings is 1. The highest BCUT2D eigenvalue weighted by Crippen LogP contribution is 2.33. The van der Waals surface area contributed by atoms with Crippen molar-refractivity contribution in [3.05, 3.63) is 46.2 Å². The van der Waals surface area contributed by atoms with E-state index in [1.165, 1.54) is 23.7 Å². The van der Waals surface area contributed by atoms with Crippen LogP contribution in [0.5, 0.6) is 0 Å². The number of hydrazine groups is 1. The SMILES string of the molecule is CC(C)(C)c1nnsc1C(NN)c1cccc(F)c1. The van der Waals surface area contributed by atoms with E-state index < -0.39 is 0 Å². The number of nitrogens with one attached hydrogen (secondary N) is 1. The number of hydrogen-bond donors (Lipinski definition) is 2. The first-order chi connectivity index (χ1) is 8.93. The molecule has 6 heteroatoms. The molecule has 1 heterocycles. The van der Waals surface area contributed by atoms with E-state index in [2.05, 4.69) is 35.8 Å². The van der Waals surface area contributed by atoms with Gasteiger partial charge < -0.3 is 0 Å². The van der Waals surface area contributed by atoms with Crippen LogP contribution in [0.4, 0.5) is 4.39 Å². The summed E-state index contributed by atoms with van der Waals surface area (Å²) >= 11 is 1.28. The summed E-state index contributed by atoms with van der Waals surface area (Å²) in [6, 6.07) is 6.08. The van der Waals surface area contributed by atoms with Crippen LogP contribution in [0.15, 0.2) is 24.3 Å². The van der Waals surface area contributed by atoms with Gasteiger partial charge in [-0.1, -0.05) is 37.4 Å². The summed E-state index contributed by atoms with van der Waals surface area (Å²) in [4.78, 5) is 0.917. The second kappa shape index (κ2) is 5.32. The Labute approximate surface area is 116 Å². The van der Waals surface area contributed by atoms with Crippen molar-refractivity contribution in [1.82, 2.24) is 15.0 Å². The predicted octanol–water partition coefficient (Wildman–Crippen LogP) is 2.53. The summed E-state index contributed by atoms with van der Waals surface area (Å²) in [7, 11) is 0. The van der Waals surface area contributed by atoms with Crippen molar-refractivity contribution in [3.8, 4) is 0 Å². The molecule has 2 aromatic rings. The zero-order chi connectivity index (χ0) is 14.0. The minimum absolute atomic E-state index is 0.134. The van der Waals surface area contributed by atoms with Crippen LogP contribution in [-0.4, -0.2) is 9.59 Å². The molecule has 0 fully saturated rings. The fourth-order valence-electron chi connectivity index (χ4n) is 1.92. The lowest BCUT2D eigenvalue weighted by Gasteiger charge is -2.21. The van der Waals surface area contributed by atoms with E-state index in [9.17, 15) is 4.39 Å². The fraction of sp³-hybridized carbons (Fsp3) is 0.385. The maximum absolute atomic E-state index is 13.3. The standard InChI is InChI=1S/C13H17FN4S/c1-13(2,3)12-11(19-18-17-12)10(16-15)8-5-4-6-9(14)7-8/h4-7,10,16H,15H2,1-3H3. The van der Waals surface area contributed by atoms with Gasteiger partial charge in [0.05, 0.1) is 16.6 Å². The monoisotopic (exact) mass is 280 g/mol. The van der Waals surface area contributed by atoms with Crippen LogP contribution >= 0.6 is 11.5 Å². The second-order valence-corrected chi connectivity index (χ2v) is 6.18. The molecular weight excluding hydrogens is 263 g/mol. The van der Waals surface area contributed by atoms with Gasteiger partial charge in [0.1, 0.15) is 5.82 Å². The van der Waals surface area contributed by atoms with E-state index in [4.69, 9.17) is 5.84 Å². The zero-order valence-corrected chi connectivity index (χ0v) is 12.0. The normalized spacial score (nSPS) is 13.5. The van der Waals surface area contributed by atoms with Crippen LogP contribution in [0, 0.1) is 5.82 Å². The molecule has 0 saturated heterocycles. The molecule has 102 valence electrons. The number of nitrogens with zero attached hydrogens (tertiary/aromatic N) is 2. The lowest BCUT2D eigenvalue weighted by molar-refractivity contribution is 0.542. The van der Waals surface area contributed by atoms with Gasteiger partial charge in [-0.15, -0.1) is 5.10 Å². The summed E-state index contributed by atoms with van der Waals surface area (Å²) < 4.78 is 17.4. The van der Waals surface area contributed by atoms with E-state index in [1.807, 2.05) is 6.07 Å². The summed E-state index contributed by atoms with van der Waals surface area (Å²) in [6.07, 6.45) is 0. The van der Waals surface area contributed by atoms with Crippen LogP contribution < -0.4 is 11.3 Å². The van der Waals surface area contributed by atoms with Crippen molar-refractivity contribution < 1.29 is 4.39 Å². The first-order valence-electron chi connectivity index (χ1n) is 5.98. The average molecular weight is 280 g/mol. The van der Waals surface area contributed by atoms with E-state index in [0.717, 1.165) is 16.1 Å². The molecule has 0 amide bonds. The van der Waals surface area contributed by atoms with Gasteiger partial charge in [-0.25, -0.2) is 9.82 Å². The van der Waals surface area contributed by atoms with Crippen LogP contribution in [0.25, 0.3) is 0 Å². The molecule has 1 aromatic carbocycles. The van der Waals surface area contributed by atoms with Crippen LogP contribution in [0.2, 0.25) is 0 Å². The Balaban J connectivity index is 2.46. The first kappa shape index (κ1) is 14.0. The fourth-order valence-corrected chi connectivity index (χ4v) is 2.87. The Morgan fingerprint density at radius 1 is 1.37 bits per heavy atom. The predicted molar refractivity (Wildman–Crippen MR) is 74.2 cm³/mol. The number of hydrogen-bond acceptors (Lipinski definition) is 5. The highest BCUT2D eigenvalue weighted by molar-refractivity contribution is 7.05. The third kappa shape index (κ3) is 2.97. The molecule has 19 heavy (non-hydrogen) atoms. The Morgan fingerprint density at radius 3 is 2.68 bits per heavy atom. The number of halogens is 1. The van der Waals surface area contributed by atoms with Gasteiger partial charge in [0.2, 0.25) is 0 Å². The van der Waals surface area contributed by atoms with Crippen molar-refractivity contribution in [2.75, 3.05) is 0 Å². The van der Waals surface area contributed by atoms with Crippen LogP contribution in [-0.2, 0) is 5.41 Å². The van der Waals surface area contributed by atoms with Gasteiger partial charge in [0.25, 0.3) is 0 Å². The topological polar surface area (TPSA) is 63.8 Å².